The van der Waals surface area contributed by atoms with Gasteiger partial charge in [0.05, 0.1) is 23.0 Å². The van der Waals surface area contributed by atoms with E-state index in [0.29, 0.717) is 22.6 Å². The summed E-state index contributed by atoms with van der Waals surface area (Å²) in [6.07, 6.45) is 0.537. The summed E-state index contributed by atoms with van der Waals surface area (Å²) in [5.74, 6) is -0.339. The Kier molecular flexibility index (Phi) is 5.82. The van der Waals surface area contributed by atoms with Gasteiger partial charge in [-0.1, -0.05) is 42.5 Å². The smallest absolute Gasteiger partial charge is 0.264 e. The molecule has 0 bridgehead atoms. The second kappa shape index (κ2) is 9.09. The standard InChI is InChI=1S/C26H22F2N6O/c1-16-24-21(25(27)28)12-22(19-13-29-33(2)14-19)31-26(24)34(32-16)15-23(35)30-20-10-8-18(9-11-20)17-6-4-3-5-7-17/h3-14,25H,15H2,1-2H3,(H,30,35). The summed E-state index contributed by atoms with van der Waals surface area (Å²) < 4.78 is 30.8. The van der Waals surface area contributed by atoms with E-state index < -0.39 is 6.43 Å². The SMILES string of the molecule is Cc1nn(CC(=O)Nc2ccc(-c3ccccc3)cc2)c2nc(-c3cnn(C)c3)cc(C(F)F)c12. The largest absolute Gasteiger partial charge is 0.324 e. The van der Waals surface area contributed by atoms with E-state index in [1.165, 1.54) is 10.7 Å². The van der Waals surface area contributed by atoms with Crippen LogP contribution in [0.15, 0.2) is 73.1 Å². The van der Waals surface area contributed by atoms with E-state index in [1.807, 2.05) is 54.6 Å². The molecule has 2 aromatic carbocycles. The highest BCUT2D eigenvalue weighted by atomic mass is 19.3. The number of anilines is 1. The predicted octanol–water partition coefficient (Wildman–Crippen LogP) is 5.38. The second-order valence-corrected chi connectivity index (χ2v) is 8.23. The van der Waals surface area contributed by atoms with Crippen molar-refractivity contribution in [2.24, 2.45) is 7.05 Å². The van der Waals surface area contributed by atoms with Crippen molar-refractivity contribution >= 4 is 22.6 Å². The van der Waals surface area contributed by atoms with Crippen molar-refractivity contribution in [2.75, 3.05) is 5.32 Å². The fourth-order valence-electron chi connectivity index (χ4n) is 4.08. The molecule has 3 heterocycles. The van der Waals surface area contributed by atoms with Crippen LogP contribution in [0.25, 0.3) is 33.4 Å². The zero-order valence-corrected chi connectivity index (χ0v) is 19.1. The number of aromatic nitrogens is 5. The quantitative estimate of drug-likeness (QED) is 0.360. The Balaban J connectivity index is 1.42. The number of fused-ring (bicyclic) bond motifs is 1. The number of halogens is 2. The molecule has 0 saturated carbocycles. The van der Waals surface area contributed by atoms with Crippen molar-refractivity contribution in [2.45, 2.75) is 19.9 Å². The maximum Gasteiger partial charge on any atom is 0.264 e. The number of hydrogen-bond acceptors (Lipinski definition) is 4. The average molecular weight is 472 g/mol. The van der Waals surface area contributed by atoms with Gasteiger partial charge in [0.2, 0.25) is 5.91 Å². The lowest BCUT2D eigenvalue weighted by Gasteiger charge is -2.09. The summed E-state index contributed by atoms with van der Waals surface area (Å²) in [4.78, 5) is 17.4. The predicted molar refractivity (Wildman–Crippen MR) is 130 cm³/mol. The van der Waals surface area contributed by atoms with Crippen molar-refractivity contribution in [1.82, 2.24) is 24.5 Å². The molecule has 1 amide bonds. The number of carbonyl (C=O) groups is 1. The molecule has 0 unspecified atom stereocenters. The molecule has 0 aliphatic heterocycles. The normalized spacial score (nSPS) is 11.3. The van der Waals surface area contributed by atoms with E-state index in [0.717, 1.165) is 11.1 Å². The summed E-state index contributed by atoms with van der Waals surface area (Å²) in [6, 6.07) is 18.8. The molecular weight excluding hydrogens is 450 g/mol. The third-order valence-corrected chi connectivity index (χ3v) is 5.71. The highest BCUT2D eigenvalue weighted by Crippen LogP contribution is 2.33. The number of nitrogens with one attached hydrogen (secondary N) is 1. The molecule has 0 fully saturated rings. The lowest BCUT2D eigenvalue weighted by atomic mass is 10.1. The Morgan fingerprint density at radius 2 is 1.74 bits per heavy atom. The minimum absolute atomic E-state index is 0.170. The van der Waals surface area contributed by atoms with Crippen molar-refractivity contribution in [1.29, 1.82) is 0 Å². The van der Waals surface area contributed by atoms with Gasteiger partial charge in [-0.25, -0.2) is 18.4 Å². The summed E-state index contributed by atoms with van der Waals surface area (Å²) >= 11 is 0. The minimum atomic E-state index is -2.72. The number of aryl methyl sites for hydroxylation is 2. The van der Waals surface area contributed by atoms with E-state index >= 15 is 0 Å². The monoisotopic (exact) mass is 472 g/mol. The Morgan fingerprint density at radius 3 is 2.40 bits per heavy atom. The number of nitrogens with zero attached hydrogens (tertiary/aromatic N) is 5. The molecule has 0 atom stereocenters. The number of rotatable bonds is 6. The molecule has 0 spiro atoms. The van der Waals surface area contributed by atoms with Gasteiger partial charge in [-0.2, -0.15) is 10.2 Å². The van der Waals surface area contributed by atoms with E-state index in [-0.39, 0.29) is 29.0 Å². The van der Waals surface area contributed by atoms with Crippen LogP contribution in [-0.4, -0.2) is 30.5 Å². The first-order valence-electron chi connectivity index (χ1n) is 11.0. The van der Waals surface area contributed by atoms with Crippen LogP contribution < -0.4 is 5.32 Å². The Morgan fingerprint density at radius 1 is 1.03 bits per heavy atom. The van der Waals surface area contributed by atoms with Gasteiger partial charge in [-0.3, -0.25) is 9.48 Å². The van der Waals surface area contributed by atoms with Crippen molar-refractivity contribution in [3.05, 3.63) is 84.3 Å². The first-order chi connectivity index (χ1) is 16.9. The van der Waals surface area contributed by atoms with E-state index in [2.05, 4.69) is 20.5 Å². The summed E-state index contributed by atoms with van der Waals surface area (Å²) in [6.45, 7) is 1.47. The van der Waals surface area contributed by atoms with Crippen LogP contribution in [0.3, 0.4) is 0 Å². The number of carbonyl (C=O) groups excluding carboxylic acids is 1. The summed E-state index contributed by atoms with van der Waals surface area (Å²) in [5, 5.41) is 11.5. The number of alkyl halides is 2. The lowest BCUT2D eigenvalue weighted by Crippen LogP contribution is -2.19. The van der Waals surface area contributed by atoms with Crippen LogP contribution in [-0.2, 0) is 18.4 Å². The second-order valence-electron chi connectivity index (χ2n) is 8.23. The highest BCUT2D eigenvalue weighted by Gasteiger charge is 2.22. The summed E-state index contributed by atoms with van der Waals surface area (Å²) in [5.41, 5.74) is 4.13. The van der Waals surface area contributed by atoms with Gasteiger partial charge in [0.25, 0.3) is 6.43 Å². The third-order valence-electron chi connectivity index (χ3n) is 5.71. The molecule has 3 aromatic heterocycles. The molecule has 0 saturated heterocycles. The van der Waals surface area contributed by atoms with Crippen molar-refractivity contribution < 1.29 is 13.6 Å². The highest BCUT2D eigenvalue weighted by molar-refractivity contribution is 5.92. The van der Waals surface area contributed by atoms with Gasteiger partial charge in [-0.05, 0) is 36.2 Å². The fourth-order valence-corrected chi connectivity index (χ4v) is 4.08. The molecule has 0 radical (unpaired) electrons. The number of pyridine rings is 1. The summed E-state index contributed by atoms with van der Waals surface area (Å²) in [7, 11) is 1.74. The maximum atomic E-state index is 13.9. The zero-order valence-electron chi connectivity index (χ0n) is 19.1. The van der Waals surface area contributed by atoms with Gasteiger partial charge in [0, 0.05) is 30.1 Å². The first kappa shape index (κ1) is 22.4. The van der Waals surface area contributed by atoms with Gasteiger partial charge in [-0.15, -0.1) is 0 Å². The van der Waals surface area contributed by atoms with Crippen LogP contribution in [0, 0.1) is 6.92 Å². The van der Waals surface area contributed by atoms with Crippen LogP contribution in [0.5, 0.6) is 0 Å². The Labute approximate surface area is 200 Å². The maximum absolute atomic E-state index is 13.9. The third kappa shape index (κ3) is 4.52. The first-order valence-corrected chi connectivity index (χ1v) is 11.0. The topological polar surface area (TPSA) is 77.6 Å². The molecule has 5 aromatic rings. The van der Waals surface area contributed by atoms with Crippen LogP contribution in [0.1, 0.15) is 17.7 Å². The molecule has 9 heteroatoms. The molecule has 7 nitrogen and oxygen atoms in total. The van der Waals surface area contributed by atoms with Crippen LogP contribution in [0.2, 0.25) is 0 Å². The van der Waals surface area contributed by atoms with Gasteiger partial charge in [0.15, 0.2) is 5.65 Å². The van der Waals surface area contributed by atoms with Crippen LogP contribution in [0.4, 0.5) is 14.5 Å². The molecule has 35 heavy (non-hydrogen) atoms. The Hall–Kier alpha value is -4.40. The molecule has 0 aliphatic rings. The van der Waals surface area contributed by atoms with Gasteiger partial charge < -0.3 is 5.32 Å². The van der Waals surface area contributed by atoms with E-state index in [1.54, 1.807) is 31.0 Å². The minimum Gasteiger partial charge on any atom is -0.324 e. The molecular formula is C26H22F2N6O. The molecule has 1 N–H and O–H groups in total. The van der Waals surface area contributed by atoms with Gasteiger partial charge in [0.1, 0.15) is 6.54 Å². The average Bonchev–Trinajstić information content (AvgIpc) is 3.42. The lowest BCUT2D eigenvalue weighted by molar-refractivity contribution is -0.116. The number of amides is 1. The van der Waals surface area contributed by atoms with E-state index in [4.69, 9.17) is 0 Å². The number of hydrogen-bond donors (Lipinski definition) is 1. The van der Waals surface area contributed by atoms with Crippen molar-refractivity contribution in [3.63, 3.8) is 0 Å². The number of benzene rings is 2. The van der Waals surface area contributed by atoms with Gasteiger partial charge >= 0.3 is 0 Å². The zero-order chi connectivity index (χ0) is 24.5. The van der Waals surface area contributed by atoms with Crippen LogP contribution >= 0.6 is 0 Å². The van der Waals surface area contributed by atoms with Crippen molar-refractivity contribution in [3.8, 4) is 22.4 Å². The molecule has 5 rings (SSSR count). The fraction of sp³-hybridized carbons (Fsp3) is 0.154. The molecule has 176 valence electrons. The molecule has 0 aliphatic carbocycles. The van der Waals surface area contributed by atoms with E-state index in [9.17, 15) is 13.6 Å². The Bertz CT molecular complexity index is 1510.